The molecule has 1 aromatic carbocycles. The van der Waals surface area contributed by atoms with Gasteiger partial charge in [-0.25, -0.2) is 4.79 Å². The maximum absolute atomic E-state index is 11.8. The highest BCUT2D eigenvalue weighted by atomic mass is 16.5. The maximum Gasteiger partial charge on any atom is 0.342 e. The van der Waals surface area contributed by atoms with Crippen molar-refractivity contribution in [1.29, 1.82) is 0 Å². The Morgan fingerprint density at radius 2 is 2.18 bits per heavy atom. The Labute approximate surface area is 131 Å². The molecular formula is C18H24O4. The molecule has 0 saturated carbocycles. The van der Waals surface area contributed by atoms with Crippen LogP contribution in [0.4, 0.5) is 0 Å². The molecule has 0 aliphatic carbocycles. The number of benzene rings is 1. The number of methoxy groups -OCH3 is 1. The molecule has 2 rings (SSSR count). The second-order valence-corrected chi connectivity index (χ2v) is 5.77. The molecule has 0 bridgehead atoms. The number of esters is 1. The van der Waals surface area contributed by atoms with Crippen molar-refractivity contribution in [3.05, 3.63) is 33.9 Å². The summed E-state index contributed by atoms with van der Waals surface area (Å²) in [6, 6.07) is 0. The molecule has 0 fully saturated rings. The van der Waals surface area contributed by atoms with Crippen LogP contribution in [0.1, 0.15) is 60.2 Å². The van der Waals surface area contributed by atoms with Crippen molar-refractivity contribution >= 4 is 5.97 Å². The first-order valence-corrected chi connectivity index (χ1v) is 7.75. The van der Waals surface area contributed by atoms with Crippen molar-refractivity contribution in [1.82, 2.24) is 0 Å². The highest BCUT2D eigenvalue weighted by Gasteiger charge is 2.31. The summed E-state index contributed by atoms with van der Waals surface area (Å²) < 4.78 is 10.5. The summed E-state index contributed by atoms with van der Waals surface area (Å²) in [4.78, 5) is 11.8. The van der Waals surface area contributed by atoms with Gasteiger partial charge in [0.2, 0.25) is 0 Å². The van der Waals surface area contributed by atoms with Crippen LogP contribution in [0.15, 0.2) is 11.6 Å². The van der Waals surface area contributed by atoms with Crippen LogP contribution >= 0.6 is 0 Å². The number of ether oxygens (including phenoxy) is 2. The Kier molecular flexibility index (Phi) is 5.11. The number of carbonyl (C=O) groups is 1. The Hall–Kier alpha value is -1.97. The number of carbonyl (C=O) groups excluding carboxylic acids is 1. The first kappa shape index (κ1) is 16.4. The van der Waals surface area contributed by atoms with Crippen LogP contribution in [-0.2, 0) is 17.8 Å². The van der Waals surface area contributed by atoms with E-state index in [1.165, 1.54) is 5.57 Å². The second-order valence-electron chi connectivity index (χ2n) is 5.77. The number of cyclic esters (lactones) is 1. The van der Waals surface area contributed by atoms with E-state index in [9.17, 15) is 9.90 Å². The fraction of sp³-hybridized carbons (Fsp3) is 0.500. The minimum Gasteiger partial charge on any atom is -0.507 e. The lowest BCUT2D eigenvalue weighted by Crippen LogP contribution is -2.03. The summed E-state index contributed by atoms with van der Waals surface area (Å²) in [5, 5.41) is 10.5. The first-order chi connectivity index (χ1) is 10.5. The molecule has 0 unspecified atom stereocenters. The van der Waals surface area contributed by atoms with Gasteiger partial charge < -0.3 is 14.6 Å². The fourth-order valence-corrected chi connectivity index (χ4v) is 2.86. The van der Waals surface area contributed by atoms with E-state index < -0.39 is 5.97 Å². The van der Waals surface area contributed by atoms with E-state index in [1.54, 1.807) is 7.11 Å². The Bertz CT molecular complexity index is 614. The number of unbranched alkanes of at least 4 members (excludes halogenated alkanes) is 1. The number of hydrogen-bond acceptors (Lipinski definition) is 4. The lowest BCUT2D eigenvalue weighted by molar-refractivity contribution is 0.0533. The molecule has 0 amide bonds. The van der Waals surface area contributed by atoms with Crippen molar-refractivity contribution in [3.8, 4) is 11.5 Å². The predicted molar refractivity (Wildman–Crippen MR) is 85.5 cm³/mol. The molecular weight excluding hydrogens is 280 g/mol. The van der Waals surface area contributed by atoms with E-state index in [0.717, 1.165) is 30.4 Å². The quantitative estimate of drug-likeness (QED) is 0.636. The standard InChI is InChI=1S/C18H24O4/c1-5-6-7-11(2)8-9-13-16(19)15-14(10-22-18(15)20)12(3)17(13)21-4/h8,19H,5-7,9-10H2,1-4H3. The summed E-state index contributed by atoms with van der Waals surface area (Å²) in [6.45, 7) is 6.36. The third-order valence-corrected chi connectivity index (χ3v) is 4.23. The van der Waals surface area contributed by atoms with Crippen LogP contribution in [0, 0.1) is 6.92 Å². The van der Waals surface area contributed by atoms with Gasteiger partial charge in [0.1, 0.15) is 23.7 Å². The van der Waals surface area contributed by atoms with Gasteiger partial charge in [-0.3, -0.25) is 0 Å². The molecule has 0 aromatic heterocycles. The summed E-state index contributed by atoms with van der Waals surface area (Å²) in [5.74, 6) is 0.194. The predicted octanol–water partition coefficient (Wildman–Crippen LogP) is 4.06. The highest BCUT2D eigenvalue weighted by molar-refractivity contribution is 5.98. The molecule has 4 heteroatoms. The molecule has 4 nitrogen and oxygen atoms in total. The molecule has 1 heterocycles. The van der Waals surface area contributed by atoms with Gasteiger partial charge in [0.15, 0.2) is 0 Å². The van der Waals surface area contributed by atoms with Gasteiger partial charge in [-0.2, -0.15) is 0 Å². The van der Waals surface area contributed by atoms with Gasteiger partial charge in [-0.05, 0) is 38.7 Å². The first-order valence-electron chi connectivity index (χ1n) is 7.75. The van der Waals surface area contributed by atoms with Gasteiger partial charge in [-0.1, -0.05) is 25.0 Å². The van der Waals surface area contributed by atoms with Crippen molar-refractivity contribution in [2.75, 3.05) is 7.11 Å². The van der Waals surface area contributed by atoms with Gasteiger partial charge in [-0.15, -0.1) is 0 Å². The smallest absolute Gasteiger partial charge is 0.342 e. The summed E-state index contributed by atoms with van der Waals surface area (Å²) >= 11 is 0. The normalized spacial score (nSPS) is 14.0. The molecule has 1 aromatic rings. The molecule has 0 atom stereocenters. The minimum absolute atomic E-state index is 0.000471. The molecule has 0 saturated heterocycles. The van der Waals surface area contributed by atoms with Crippen LogP contribution in [-0.4, -0.2) is 18.2 Å². The van der Waals surface area contributed by atoms with E-state index in [1.807, 2.05) is 6.92 Å². The number of phenols is 1. The largest absolute Gasteiger partial charge is 0.507 e. The number of phenolic OH excluding ortho intramolecular Hbond substituents is 1. The van der Waals surface area contributed by atoms with E-state index in [2.05, 4.69) is 19.9 Å². The van der Waals surface area contributed by atoms with Crippen LogP contribution in [0.2, 0.25) is 0 Å². The average molecular weight is 304 g/mol. The molecule has 0 spiro atoms. The van der Waals surface area contributed by atoms with E-state index in [0.29, 0.717) is 23.3 Å². The van der Waals surface area contributed by atoms with E-state index >= 15 is 0 Å². The van der Waals surface area contributed by atoms with Crippen LogP contribution in [0.5, 0.6) is 11.5 Å². The van der Waals surface area contributed by atoms with Gasteiger partial charge >= 0.3 is 5.97 Å². The number of hydrogen-bond donors (Lipinski definition) is 1. The monoisotopic (exact) mass is 304 g/mol. The SMILES string of the molecule is CCCCC(C)=CCc1c(O)c2c(c(C)c1OC)COC2=O. The van der Waals surface area contributed by atoms with E-state index in [-0.39, 0.29) is 12.4 Å². The molecule has 1 N–H and O–H groups in total. The topological polar surface area (TPSA) is 55.8 Å². The Morgan fingerprint density at radius 1 is 1.45 bits per heavy atom. The number of fused-ring (bicyclic) bond motifs is 1. The van der Waals surface area contributed by atoms with Gasteiger partial charge in [0.25, 0.3) is 0 Å². The summed E-state index contributed by atoms with van der Waals surface area (Å²) in [7, 11) is 1.59. The highest BCUT2D eigenvalue weighted by Crippen LogP contribution is 2.42. The zero-order chi connectivity index (χ0) is 16.3. The summed E-state index contributed by atoms with van der Waals surface area (Å²) in [5.41, 5.74) is 3.84. The van der Waals surface area contributed by atoms with Crippen molar-refractivity contribution in [3.63, 3.8) is 0 Å². The van der Waals surface area contributed by atoms with E-state index in [4.69, 9.17) is 9.47 Å². The molecule has 120 valence electrons. The number of allylic oxidation sites excluding steroid dienone is 2. The Balaban J connectivity index is 2.41. The number of aromatic hydroxyl groups is 1. The average Bonchev–Trinajstić information content (AvgIpc) is 2.89. The third-order valence-electron chi connectivity index (χ3n) is 4.23. The van der Waals surface area contributed by atoms with Gasteiger partial charge in [0.05, 0.1) is 7.11 Å². The molecule has 22 heavy (non-hydrogen) atoms. The van der Waals surface area contributed by atoms with Crippen LogP contribution in [0.3, 0.4) is 0 Å². The van der Waals surface area contributed by atoms with Crippen molar-refractivity contribution in [2.45, 2.75) is 53.1 Å². The third kappa shape index (κ3) is 2.96. The van der Waals surface area contributed by atoms with Crippen LogP contribution < -0.4 is 4.74 Å². The van der Waals surface area contributed by atoms with Crippen molar-refractivity contribution in [2.24, 2.45) is 0 Å². The maximum atomic E-state index is 11.8. The Morgan fingerprint density at radius 3 is 2.82 bits per heavy atom. The fourth-order valence-electron chi connectivity index (χ4n) is 2.86. The number of rotatable bonds is 6. The van der Waals surface area contributed by atoms with Gasteiger partial charge in [0, 0.05) is 11.1 Å². The lowest BCUT2D eigenvalue weighted by atomic mass is 9.94. The zero-order valence-corrected chi connectivity index (χ0v) is 13.8. The van der Waals surface area contributed by atoms with Crippen molar-refractivity contribution < 1.29 is 19.4 Å². The lowest BCUT2D eigenvalue weighted by Gasteiger charge is -2.15. The second kappa shape index (κ2) is 6.86. The zero-order valence-electron chi connectivity index (χ0n) is 13.8. The molecule has 1 aliphatic rings. The molecule has 1 aliphatic heterocycles. The summed E-state index contributed by atoms with van der Waals surface area (Å²) in [6.07, 6.45) is 6.00. The minimum atomic E-state index is -0.453. The van der Waals surface area contributed by atoms with Crippen LogP contribution in [0.25, 0.3) is 0 Å². The molecule has 0 radical (unpaired) electrons.